The maximum absolute atomic E-state index is 11.9. The number of carbonyl (C=O) groups is 8. The largest absolute Gasteiger partial charge is 0.501 e. The maximum Gasteiger partial charge on any atom is 0.454 e. The Morgan fingerprint density at radius 3 is 1.15 bits per heavy atom. The van der Waals surface area contributed by atoms with Gasteiger partial charge in [0.15, 0.2) is 11.6 Å². The molecule has 0 spiro atoms. The van der Waals surface area contributed by atoms with E-state index in [4.69, 9.17) is 33.5 Å². The summed E-state index contributed by atoms with van der Waals surface area (Å²) in [6, 6.07) is 0. The zero-order valence-corrected chi connectivity index (χ0v) is 46.2. The van der Waals surface area contributed by atoms with Crippen LogP contribution in [0.5, 0.6) is 0 Å². The van der Waals surface area contributed by atoms with E-state index in [1.807, 2.05) is 0 Å². The van der Waals surface area contributed by atoms with Gasteiger partial charge in [0, 0.05) is 28.9 Å². The maximum atomic E-state index is 11.9. The fraction of sp³-hybridized carbons (Fsp3) is 0.500. The van der Waals surface area contributed by atoms with Crippen LogP contribution in [-0.2, 0) is 95.5 Å². The molecular formula is C50H67F11O20. The van der Waals surface area contributed by atoms with Crippen LogP contribution in [0.25, 0.3) is 0 Å². The Morgan fingerprint density at radius 1 is 0.543 bits per heavy atom. The normalized spacial score (nSPS) is 10.5. The van der Waals surface area contributed by atoms with Gasteiger partial charge >= 0.3 is 54.9 Å². The topological polar surface area (TPSA) is 294 Å². The summed E-state index contributed by atoms with van der Waals surface area (Å²) in [5, 5.41) is 0. The van der Waals surface area contributed by atoms with E-state index >= 15 is 0 Å². The first-order chi connectivity index (χ1) is 37.5. The third-order valence-corrected chi connectivity index (χ3v) is 6.39. The quantitative estimate of drug-likeness (QED) is 0.0151. The van der Waals surface area contributed by atoms with Crippen molar-refractivity contribution < 1.29 is 144 Å². The summed E-state index contributed by atoms with van der Waals surface area (Å²) >= 11 is 0. The van der Waals surface area contributed by atoms with Crippen molar-refractivity contribution in [3.8, 4) is 0 Å². The molecule has 0 N–H and O–H groups in total. The Kier molecular flexibility index (Phi) is 77.5. The standard InChI is InChI=1S/C9H14O4.2C8H11F3O2.C8H12F2O2.C6H7F3O2.2C4H6O.3CO2/c1-4-12-6-8(7(3)10)9(11)13-5-2;1-3-6(5-13-4-2)7(12)8(9,10)11;1-3-6(5-8(9,10)11)7(12)13-4-2;1-3-6(5-7(9)10)8(11)12-4-2;1-2-11-4-3-5(10)6(7,8)9;1-3-4(2)5;1-2-3-4-5;3*2-1-3/h6H,4-5H2,1-3H3;2*5H,3-4H2,1-2H3;5,7H,3-4H2,1-2H3;3-4H,2H2,1H3;3H,1H2,2H3;2-4H,1H3;;;/b8-6-;6-5+;2*6-5-;4-3+;;3-2+;;;. The molecule has 464 valence electrons. The number of ketones is 4. The van der Waals surface area contributed by atoms with Gasteiger partial charge in [-0.05, 0) is 99.8 Å². The molecular weight excluding hydrogens is 1130 g/mol. The molecule has 0 heterocycles. The average molecular weight is 1200 g/mol. The minimum absolute atomic E-state index is 0.0122. The lowest BCUT2D eigenvalue weighted by atomic mass is 10.1. The second kappa shape index (κ2) is 66.0. The molecule has 0 aromatic rings. The SMILES string of the molecule is C/C=C/C=O.C=CC(C)=O.CCO/C=C(/C(C)=O)C(=O)OCC.CCO/C=C(\CC)C(=O)C(F)(F)F.CCO/C=C/C(=O)C(F)(F)F.CCOC(=O)/C(=C\C(F)(F)F)CC.CCOC(=O)/C(=C\C(F)F)CC.O=C=O.O=C=O.O=C=O. The molecule has 0 aliphatic heterocycles. The van der Waals surface area contributed by atoms with Crippen LogP contribution >= 0.6 is 0 Å². The fourth-order valence-corrected chi connectivity index (χ4v) is 3.13. The molecule has 0 aromatic heterocycles. The summed E-state index contributed by atoms with van der Waals surface area (Å²) < 4.78 is 156. The lowest BCUT2D eigenvalue weighted by Crippen LogP contribution is -2.24. The Morgan fingerprint density at radius 2 is 0.901 bits per heavy atom. The van der Waals surface area contributed by atoms with Gasteiger partial charge in [0.05, 0.1) is 52.2 Å². The number of allylic oxidation sites excluding steroid dienone is 7. The Bertz CT molecular complexity index is 2020. The van der Waals surface area contributed by atoms with Gasteiger partial charge in [0.1, 0.15) is 18.1 Å². The van der Waals surface area contributed by atoms with Gasteiger partial charge in [-0.25, -0.2) is 23.2 Å². The van der Waals surface area contributed by atoms with Gasteiger partial charge < -0.3 is 28.4 Å². The van der Waals surface area contributed by atoms with Crippen LogP contribution in [-0.4, -0.2) is 130 Å². The van der Waals surface area contributed by atoms with Gasteiger partial charge in [-0.1, -0.05) is 33.4 Å². The van der Waals surface area contributed by atoms with Crippen LogP contribution < -0.4 is 0 Å². The molecule has 0 rings (SSSR count). The van der Waals surface area contributed by atoms with Crippen molar-refractivity contribution >= 4 is 65.8 Å². The van der Waals surface area contributed by atoms with E-state index in [1.165, 1.54) is 39.8 Å². The molecule has 0 saturated carbocycles. The predicted octanol–water partition coefficient (Wildman–Crippen LogP) is 9.55. The van der Waals surface area contributed by atoms with E-state index < -0.39 is 54.4 Å². The molecule has 20 nitrogen and oxygen atoms in total. The van der Waals surface area contributed by atoms with Crippen molar-refractivity contribution in [1.29, 1.82) is 0 Å². The summed E-state index contributed by atoms with van der Waals surface area (Å²) in [6.45, 7) is 23.6. The number of hydrogen-bond donors (Lipinski definition) is 0. The van der Waals surface area contributed by atoms with E-state index in [9.17, 15) is 86.7 Å². The third kappa shape index (κ3) is 83.2. The first kappa shape index (κ1) is 95.1. The Hall–Kier alpha value is -8.29. The lowest BCUT2D eigenvalue weighted by Gasteiger charge is -2.06. The predicted molar refractivity (Wildman–Crippen MR) is 259 cm³/mol. The lowest BCUT2D eigenvalue weighted by molar-refractivity contribution is -0.193. The highest BCUT2D eigenvalue weighted by Crippen LogP contribution is 2.22. The number of alkyl halides is 11. The summed E-state index contributed by atoms with van der Waals surface area (Å²) in [5.41, 5.74) is -0.723. The smallest absolute Gasteiger partial charge is 0.454 e. The molecule has 0 bridgehead atoms. The molecule has 0 amide bonds. The molecule has 0 atom stereocenters. The number of ether oxygens (including phenoxy) is 6. The molecule has 0 radical (unpaired) electrons. The van der Waals surface area contributed by atoms with Gasteiger partial charge in [0.2, 0.25) is 0 Å². The molecule has 0 unspecified atom stereocenters. The van der Waals surface area contributed by atoms with Crippen molar-refractivity contribution in [3.63, 3.8) is 0 Å². The van der Waals surface area contributed by atoms with Crippen molar-refractivity contribution in [2.24, 2.45) is 0 Å². The number of rotatable bonds is 21. The number of esters is 3. The van der Waals surface area contributed by atoms with E-state index in [1.54, 1.807) is 61.5 Å². The number of halogens is 11. The van der Waals surface area contributed by atoms with E-state index in [0.29, 0.717) is 18.8 Å². The molecule has 0 aliphatic rings. The molecule has 81 heavy (non-hydrogen) atoms. The number of Topliss-reactive ketones (excluding diaryl/α,β-unsaturated/α-hetero) is 2. The highest BCUT2D eigenvalue weighted by atomic mass is 19.4. The first-order valence-electron chi connectivity index (χ1n) is 22.6. The van der Waals surface area contributed by atoms with E-state index in [2.05, 4.69) is 30.3 Å². The minimum atomic E-state index is -4.81. The monoisotopic (exact) mass is 1200 g/mol. The molecule has 0 aliphatic carbocycles. The van der Waals surface area contributed by atoms with Crippen LogP contribution in [0, 0.1) is 0 Å². The Labute approximate surface area is 460 Å². The van der Waals surface area contributed by atoms with Crippen LogP contribution in [0.1, 0.15) is 102 Å². The molecule has 0 aromatic carbocycles. The van der Waals surface area contributed by atoms with Gasteiger partial charge in [-0.3, -0.25) is 24.0 Å². The van der Waals surface area contributed by atoms with Crippen molar-refractivity contribution in [3.05, 3.63) is 84.1 Å². The van der Waals surface area contributed by atoms with Gasteiger partial charge in [-0.2, -0.15) is 68.3 Å². The zero-order chi connectivity index (χ0) is 66.2. The average Bonchev–Trinajstić information content (AvgIpc) is 3.36. The molecule has 31 heteroatoms. The molecule has 0 fully saturated rings. The van der Waals surface area contributed by atoms with Gasteiger partial charge in [0.25, 0.3) is 18.0 Å². The number of aldehydes is 1. The van der Waals surface area contributed by atoms with Crippen molar-refractivity contribution in [1.82, 2.24) is 0 Å². The van der Waals surface area contributed by atoms with Crippen LogP contribution in [0.4, 0.5) is 48.3 Å². The number of carbonyl (C=O) groups excluding carboxylic acids is 14. The highest BCUT2D eigenvalue weighted by Gasteiger charge is 2.40. The van der Waals surface area contributed by atoms with Crippen LogP contribution in [0.3, 0.4) is 0 Å². The van der Waals surface area contributed by atoms with Gasteiger partial charge in [-0.15, -0.1) is 0 Å². The minimum Gasteiger partial charge on any atom is -0.501 e. The highest BCUT2D eigenvalue weighted by molar-refractivity contribution is 6.16. The van der Waals surface area contributed by atoms with Crippen molar-refractivity contribution in [2.75, 3.05) is 39.6 Å². The van der Waals surface area contributed by atoms with Crippen LogP contribution in [0.2, 0.25) is 0 Å². The first-order valence-corrected chi connectivity index (χ1v) is 22.6. The van der Waals surface area contributed by atoms with Crippen molar-refractivity contribution in [2.45, 2.75) is 127 Å². The summed E-state index contributed by atoms with van der Waals surface area (Å²) in [5.74, 6) is -6.27. The zero-order valence-electron chi connectivity index (χ0n) is 46.2. The second-order valence-electron chi connectivity index (χ2n) is 12.3. The summed E-state index contributed by atoms with van der Waals surface area (Å²) in [6.07, 6.45) is -6.76. The summed E-state index contributed by atoms with van der Waals surface area (Å²) in [4.78, 5) is 132. The fourth-order valence-electron chi connectivity index (χ4n) is 3.13. The third-order valence-electron chi connectivity index (χ3n) is 6.39. The van der Waals surface area contributed by atoms with E-state index in [0.717, 1.165) is 25.1 Å². The summed E-state index contributed by atoms with van der Waals surface area (Å²) in [7, 11) is 0. The van der Waals surface area contributed by atoms with Crippen LogP contribution in [0.15, 0.2) is 84.1 Å². The van der Waals surface area contributed by atoms with E-state index in [-0.39, 0.29) is 111 Å². The molecule has 0 saturated heterocycles. The second-order valence-corrected chi connectivity index (χ2v) is 12.3. The number of hydrogen-bond acceptors (Lipinski definition) is 20. The Balaban J connectivity index is -0.0000000900.